The van der Waals surface area contributed by atoms with Crippen molar-refractivity contribution in [3.05, 3.63) is 58.8 Å². The van der Waals surface area contributed by atoms with E-state index in [0.29, 0.717) is 38.2 Å². The largest absolute Gasteiger partial charge is 0.493 e. The molecule has 0 atom stereocenters. The summed E-state index contributed by atoms with van der Waals surface area (Å²) in [5, 5.41) is 8.60. The maximum absolute atomic E-state index is 5.95. The number of rotatable bonds is 10. The minimum atomic E-state index is 0.517. The van der Waals surface area contributed by atoms with E-state index in [4.69, 9.17) is 13.9 Å². The van der Waals surface area contributed by atoms with E-state index >= 15 is 0 Å². The summed E-state index contributed by atoms with van der Waals surface area (Å²) in [5.41, 5.74) is 3.05. The molecular formula is C22H28N4O3S. The molecule has 0 amide bonds. The maximum atomic E-state index is 5.95. The lowest BCUT2D eigenvalue weighted by atomic mass is 10.1. The molecule has 1 aromatic carbocycles. The fourth-order valence-electron chi connectivity index (χ4n) is 2.80. The molecule has 160 valence electrons. The Morgan fingerprint density at radius 2 is 2.07 bits per heavy atom. The average molecular weight is 429 g/mol. The number of methoxy groups -OCH3 is 1. The number of thiophene rings is 1. The van der Waals surface area contributed by atoms with Gasteiger partial charge >= 0.3 is 0 Å². The van der Waals surface area contributed by atoms with Crippen LogP contribution in [0.4, 0.5) is 0 Å². The molecule has 0 radical (unpaired) electrons. The van der Waals surface area contributed by atoms with Crippen LogP contribution in [-0.4, -0.2) is 38.3 Å². The second kappa shape index (κ2) is 11.4. The van der Waals surface area contributed by atoms with Gasteiger partial charge in [0.15, 0.2) is 5.96 Å². The van der Waals surface area contributed by atoms with Crippen LogP contribution >= 0.6 is 11.3 Å². The summed E-state index contributed by atoms with van der Waals surface area (Å²) in [6.07, 6.45) is 2.52. The van der Waals surface area contributed by atoms with Crippen LogP contribution in [0.3, 0.4) is 0 Å². The lowest BCUT2D eigenvalue weighted by Crippen LogP contribution is -2.36. The first-order valence-electron chi connectivity index (χ1n) is 9.83. The minimum absolute atomic E-state index is 0.517. The highest BCUT2D eigenvalue weighted by atomic mass is 32.1. The van der Waals surface area contributed by atoms with Gasteiger partial charge in [-0.2, -0.15) is 0 Å². The fourth-order valence-corrected chi connectivity index (χ4v) is 3.46. The number of benzene rings is 1. The van der Waals surface area contributed by atoms with Gasteiger partial charge in [-0.25, -0.2) is 4.98 Å². The monoisotopic (exact) mass is 428 g/mol. The Hall–Kier alpha value is -2.84. The van der Waals surface area contributed by atoms with Gasteiger partial charge in [0.25, 0.3) is 0 Å². The van der Waals surface area contributed by atoms with Gasteiger partial charge in [-0.3, -0.25) is 4.99 Å². The lowest BCUT2D eigenvalue weighted by molar-refractivity contribution is 0.171. The molecule has 0 saturated heterocycles. The zero-order valence-corrected chi connectivity index (χ0v) is 18.4. The summed E-state index contributed by atoms with van der Waals surface area (Å²) >= 11 is 1.60. The standard InChI is InChI=1S/C22H28N4O3S/c1-16-7-8-17(19(12-16)28-10-5-9-27-3)13-24-22(23-2)25-14-18-15-29-21(26-18)20-6-4-11-30-20/h4,6-8,11-12,15H,5,9-10,13-14H2,1-3H3,(H2,23,24,25). The topological polar surface area (TPSA) is 80.9 Å². The van der Waals surface area contributed by atoms with E-state index in [0.717, 1.165) is 33.9 Å². The van der Waals surface area contributed by atoms with Crippen LogP contribution in [0.1, 0.15) is 23.2 Å². The quantitative estimate of drug-likeness (QED) is 0.289. The molecule has 2 aromatic heterocycles. The number of hydrogen-bond donors (Lipinski definition) is 2. The van der Waals surface area contributed by atoms with E-state index in [-0.39, 0.29) is 0 Å². The van der Waals surface area contributed by atoms with E-state index in [1.54, 1.807) is 31.8 Å². The molecule has 3 aromatic rings. The molecule has 3 rings (SSSR count). The maximum Gasteiger partial charge on any atom is 0.236 e. The summed E-state index contributed by atoms with van der Waals surface area (Å²) in [6.45, 7) is 4.48. The number of hydrogen-bond acceptors (Lipinski definition) is 6. The van der Waals surface area contributed by atoms with Crippen molar-refractivity contribution < 1.29 is 13.9 Å². The molecule has 0 bridgehead atoms. The van der Waals surface area contributed by atoms with Gasteiger partial charge in [-0.05, 0) is 30.0 Å². The highest BCUT2D eigenvalue weighted by Crippen LogP contribution is 2.23. The predicted octanol–water partition coefficient (Wildman–Crippen LogP) is 3.99. The highest BCUT2D eigenvalue weighted by Gasteiger charge is 2.09. The van der Waals surface area contributed by atoms with Gasteiger partial charge in [0.2, 0.25) is 5.89 Å². The normalized spacial score (nSPS) is 11.5. The Morgan fingerprint density at radius 1 is 1.20 bits per heavy atom. The third-order valence-corrected chi connectivity index (χ3v) is 5.22. The zero-order chi connectivity index (χ0) is 21.2. The molecule has 0 saturated carbocycles. The summed E-state index contributed by atoms with van der Waals surface area (Å²) in [4.78, 5) is 9.82. The molecule has 0 spiro atoms. The van der Waals surface area contributed by atoms with Crippen LogP contribution in [0.5, 0.6) is 5.75 Å². The van der Waals surface area contributed by atoms with E-state index in [9.17, 15) is 0 Å². The fraction of sp³-hybridized carbons (Fsp3) is 0.364. The number of nitrogens with one attached hydrogen (secondary N) is 2. The number of aliphatic imine (C=N–C) groups is 1. The van der Waals surface area contributed by atoms with Crippen molar-refractivity contribution in [2.75, 3.05) is 27.4 Å². The first kappa shape index (κ1) is 21.9. The lowest BCUT2D eigenvalue weighted by Gasteiger charge is -2.15. The van der Waals surface area contributed by atoms with Crippen molar-refractivity contribution in [1.29, 1.82) is 0 Å². The van der Waals surface area contributed by atoms with E-state index in [1.807, 2.05) is 17.5 Å². The molecule has 0 fully saturated rings. The van der Waals surface area contributed by atoms with Gasteiger partial charge in [0, 0.05) is 39.3 Å². The summed E-state index contributed by atoms with van der Waals surface area (Å²) in [6, 6.07) is 10.2. The third kappa shape index (κ3) is 6.33. The Bertz CT molecular complexity index is 938. The van der Waals surface area contributed by atoms with Crippen LogP contribution in [0, 0.1) is 6.92 Å². The number of guanidine groups is 1. The van der Waals surface area contributed by atoms with E-state index in [1.165, 1.54) is 0 Å². The van der Waals surface area contributed by atoms with Gasteiger partial charge in [0.05, 0.1) is 23.7 Å². The zero-order valence-electron chi connectivity index (χ0n) is 17.6. The van der Waals surface area contributed by atoms with Crippen molar-refractivity contribution in [1.82, 2.24) is 15.6 Å². The Balaban J connectivity index is 1.53. The number of aryl methyl sites for hydroxylation is 1. The average Bonchev–Trinajstić information content (AvgIpc) is 3.44. The van der Waals surface area contributed by atoms with Gasteiger partial charge in [-0.1, -0.05) is 18.2 Å². The first-order chi connectivity index (χ1) is 14.7. The number of ether oxygens (including phenoxy) is 2. The molecule has 0 aliphatic carbocycles. The third-order valence-electron chi connectivity index (χ3n) is 4.36. The van der Waals surface area contributed by atoms with Gasteiger partial charge in [0.1, 0.15) is 12.0 Å². The molecule has 2 N–H and O–H groups in total. The molecule has 30 heavy (non-hydrogen) atoms. The number of oxazole rings is 1. The Labute approximate surface area is 181 Å². The smallest absolute Gasteiger partial charge is 0.236 e. The summed E-state index contributed by atoms with van der Waals surface area (Å²) < 4.78 is 16.6. The highest BCUT2D eigenvalue weighted by molar-refractivity contribution is 7.13. The second-order valence-electron chi connectivity index (χ2n) is 6.71. The summed E-state index contributed by atoms with van der Waals surface area (Å²) in [5.74, 6) is 2.20. The molecule has 0 aliphatic heterocycles. The summed E-state index contributed by atoms with van der Waals surface area (Å²) in [7, 11) is 3.44. The molecule has 2 heterocycles. The van der Waals surface area contributed by atoms with Crippen molar-refractivity contribution in [2.24, 2.45) is 4.99 Å². The molecule has 0 aliphatic rings. The van der Waals surface area contributed by atoms with Gasteiger partial charge in [-0.15, -0.1) is 11.3 Å². The van der Waals surface area contributed by atoms with E-state index < -0.39 is 0 Å². The van der Waals surface area contributed by atoms with Crippen LogP contribution in [0.25, 0.3) is 10.8 Å². The Morgan fingerprint density at radius 3 is 2.83 bits per heavy atom. The Kier molecular flexibility index (Phi) is 8.29. The van der Waals surface area contributed by atoms with E-state index in [2.05, 4.69) is 45.7 Å². The first-order valence-corrected chi connectivity index (χ1v) is 10.7. The molecule has 7 nitrogen and oxygen atoms in total. The molecule has 0 unspecified atom stereocenters. The minimum Gasteiger partial charge on any atom is -0.493 e. The van der Waals surface area contributed by atoms with Crippen molar-refractivity contribution >= 4 is 17.3 Å². The molecule has 8 heteroatoms. The second-order valence-corrected chi connectivity index (χ2v) is 7.65. The van der Waals surface area contributed by atoms with Crippen LogP contribution in [-0.2, 0) is 17.8 Å². The number of nitrogens with zero attached hydrogens (tertiary/aromatic N) is 2. The number of aromatic nitrogens is 1. The predicted molar refractivity (Wildman–Crippen MR) is 120 cm³/mol. The SMILES string of the molecule is CN=C(NCc1coc(-c2cccs2)n1)NCc1ccc(C)cc1OCCCOC. The van der Waals surface area contributed by atoms with Crippen LogP contribution in [0.2, 0.25) is 0 Å². The van der Waals surface area contributed by atoms with Crippen LogP contribution < -0.4 is 15.4 Å². The van der Waals surface area contributed by atoms with Crippen LogP contribution in [0.15, 0.2) is 51.4 Å². The van der Waals surface area contributed by atoms with Gasteiger partial charge < -0.3 is 24.5 Å². The van der Waals surface area contributed by atoms with Crippen molar-refractivity contribution in [3.63, 3.8) is 0 Å². The molecular weight excluding hydrogens is 400 g/mol. The van der Waals surface area contributed by atoms with Crippen molar-refractivity contribution in [3.8, 4) is 16.5 Å². The van der Waals surface area contributed by atoms with Crippen molar-refractivity contribution in [2.45, 2.75) is 26.4 Å².